The van der Waals surface area contributed by atoms with Crippen molar-refractivity contribution in [2.24, 2.45) is 0 Å². The molecule has 1 aromatic carbocycles. The average Bonchev–Trinajstić information content (AvgIpc) is 1.90. The van der Waals surface area contributed by atoms with Gasteiger partial charge in [-0.1, -0.05) is 5.56 Å². The van der Waals surface area contributed by atoms with E-state index in [1.165, 1.54) is 0 Å². The molecule has 1 rings (SSSR count). The molecule has 0 aliphatic rings. The molecule has 0 saturated heterocycles. The second-order valence-electron chi connectivity index (χ2n) is 1.39. The van der Waals surface area contributed by atoms with Crippen LogP contribution in [0.5, 0.6) is 0 Å². The zero-order valence-corrected chi connectivity index (χ0v) is 7.93. The van der Waals surface area contributed by atoms with Crippen molar-refractivity contribution in [3.63, 3.8) is 0 Å². The normalized spacial score (nSPS) is 7.00. The van der Waals surface area contributed by atoms with Crippen LogP contribution >= 0.6 is 0 Å². The molecule has 0 saturated carbocycles. The van der Waals surface area contributed by atoms with Crippen molar-refractivity contribution in [2.45, 2.75) is 0 Å². The second-order valence-corrected chi connectivity index (χ2v) is 1.39. The predicted molar refractivity (Wildman–Crippen MR) is 30.0 cm³/mol. The number of rotatable bonds is 0. The fourth-order valence-electron chi connectivity index (χ4n) is 0.463. The summed E-state index contributed by atoms with van der Waals surface area (Å²) in [6, 6.07) is 11.8. The fourth-order valence-corrected chi connectivity index (χ4v) is 0.463. The molecule has 0 N–H and O–H groups in total. The van der Waals surface area contributed by atoms with Gasteiger partial charge in [-0.05, 0) is 6.07 Å². The minimum Gasteiger partial charge on any atom is -0.262 e. The Labute approximate surface area is 67.1 Å². The first-order valence-corrected chi connectivity index (χ1v) is 2.30. The first kappa shape index (κ1) is 8.33. The van der Waals surface area contributed by atoms with Gasteiger partial charge in [-0.2, -0.15) is 0 Å². The second kappa shape index (κ2) is 4.24. The molecule has 0 unspecified atom stereocenters. The van der Waals surface area contributed by atoms with Gasteiger partial charge in [0.15, 0.2) is 0 Å². The molecule has 0 bridgehead atoms. The zero-order chi connectivity index (χ0) is 5.82. The van der Waals surface area contributed by atoms with E-state index in [-0.39, 0.29) is 19.5 Å². The van der Waals surface area contributed by atoms with E-state index in [1.807, 2.05) is 18.2 Å². The van der Waals surface area contributed by atoms with Crippen molar-refractivity contribution in [3.05, 3.63) is 35.9 Å². The molecule has 0 heterocycles. The van der Waals surface area contributed by atoms with Gasteiger partial charge in [-0.15, -0.1) is 30.3 Å². The molecule has 0 aromatic heterocycles. The molecule has 0 spiro atoms. The Morgan fingerprint density at radius 1 is 1.44 bits per heavy atom. The number of hydrogen-bond donors (Lipinski definition) is 0. The van der Waals surface area contributed by atoms with Crippen LogP contribution in [0.15, 0.2) is 24.3 Å². The van der Waals surface area contributed by atoms with Crippen molar-refractivity contribution in [1.29, 1.82) is 5.26 Å². The minimum absolute atomic E-state index is 0. The molecule has 1 aromatic rings. The molecule has 0 aliphatic heterocycles. The third kappa shape index (κ3) is 2.39. The first-order valence-electron chi connectivity index (χ1n) is 2.30. The Bertz CT molecular complexity index is 200. The van der Waals surface area contributed by atoms with E-state index < -0.39 is 0 Å². The smallest absolute Gasteiger partial charge is 0 e. The van der Waals surface area contributed by atoms with Crippen LogP contribution in [0.25, 0.3) is 0 Å². The molecule has 0 atom stereocenters. The van der Waals surface area contributed by atoms with Gasteiger partial charge in [0.25, 0.3) is 0 Å². The van der Waals surface area contributed by atoms with Crippen molar-refractivity contribution >= 4 is 0 Å². The van der Waals surface area contributed by atoms with Crippen molar-refractivity contribution in [2.75, 3.05) is 0 Å². The van der Waals surface area contributed by atoms with E-state index in [0.717, 1.165) is 0 Å². The van der Waals surface area contributed by atoms with E-state index in [1.54, 1.807) is 12.1 Å². The Morgan fingerprint density at radius 2 is 2.22 bits per heavy atom. The minimum atomic E-state index is 0. The monoisotopic (exact) mass is 166 g/mol. The van der Waals surface area contributed by atoms with E-state index in [0.29, 0.717) is 5.56 Å². The predicted octanol–water partition coefficient (Wildman–Crippen LogP) is 1.36. The Kier molecular flexibility index (Phi) is 3.92. The molecular formula is C7H4NZn-. The average molecular weight is 168 g/mol. The van der Waals surface area contributed by atoms with E-state index >= 15 is 0 Å². The van der Waals surface area contributed by atoms with Gasteiger partial charge in [0.05, 0.1) is 0 Å². The molecule has 1 nitrogen and oxygen atoms in total. The Morgan fingerprint density at radius 3 is 2.56 bits per heavy atom. The number of nitrogens with zero attached hydrogens (tertiary/aromatic N) is 1. The maximum Gasteiger partial charge on any atom is 0 e. The summed E-state index contributed by atoms with van der Waals surface area (Å²) in [5.41, 5.74) is 0.590. The molecule has 2 heteroatoms. The summed E-state index contributed by atoms with van der Waals surface area (Å²) < 4.78 is 0. The van der Waals surface area contributed by atoms with Gasteiger partial charge in [0, 0.05) is 19.5 Å². The third-order valence-corrected chi connectivity index (χ3v) is 0.830. The van der Waals surface area contributed by atoms with Gasteiger partial charge >= 0.3 is 0 Å². The van der Waals surface area contributed by atoms with Crippen molar-refractivity contribution < 1.29 is 19.5 Å². The van der Waals surface area contributed by atoms with Crippen LogP contribution in [0.4, 0.5) is 0 Å². The summed E-state index contributed by atoms with van der Waals surface area (Å²) in [4.78, 5) is 0. The molecule has 0 fully saturated rings. The summed E-state index contributed by atoms with van der Waals surface area (Å²) in [6.07, 6.45) is 0. The molecule has 40 valence electrons. The van der Waals surface area contributed by atoms with Crippen LogP contribution in [-0.4, -0.2) is 0 Å². The van der Waals surface area contributed by atoms with Gasteiger partial charge < -0.3 is 0 Å². The molecule has 0 amide bonds. The van der Waals surface area contributed by atoms with Crippen molar-refractivity contribution in [1.82, 2.24) is 0 Å². The van der Waals surface area contributed by atoms with E-state index in [9.17, 15) is 0 Å². The standard InChI is InChI=1S/C7H4N.Zn/c8-6-7-4-2-1-3-5-7;/h1-4H;/q-1;. The third-order valence-electron chi connectivity index (χ3n) is 0.830. The van der Waals surface area contributed by atoms with Gasteiger partial charge in [0.1, 0.15) is 0 Å². The van der Waals surface area contributed by atoms with Gasteiger partial charge in [0.2, 0.25) is 0 Å². The van der Waals surface area contributed by atoms with Crippen LogP contribution in [0.3, 0.4) is 0 Å². The summed E-state index contributed by atoms with van der Waals surface area (Å²) >= 11 is 0. The van der Waals surface area contributed by atoms with Crippen LogP contribution in [0.2, 0.25) is 0 Å². The zero-order valence-electron chi connectivity index (χ0n) is 4.96. The summed E-state index contributed by atoms with van der Waals surface area (Å²) in [6.45, 7) is 0. The topological polar surface area (TPSA) is 23.8 Å². The fraction of sp³-hybridized carbons (Fsp3) is 0. The molecule has 9 heavy (non-hydrogen) atoms. The van der Waals surface area contributed by atoms with Gasteiger partial charge in [-0.3, -0.25) is 5.26 Å². The molecule has 0 radical (unpaired) electrons. The van der Waals surface area contributed by atoms with E-state index in [2.05, 4.69) is 6.07 Å². The summed E-state index contributed by atoms with van der Waals surface area (Å²) in [5.74, 6) is 0. The number of benzene rings is 1. The van der Waals surface area contributed by atoms with Crippen LogP contribution in [-0.2, 0) is 19.5 Å². The van der Waals surface area contributed by atoms with Crippen molar-refractivity contribution in [3.8, 4) is 6.07 Å². The Balaban J connectivity index is 0.000000640. The first-order chi connectivity index (χ1) is 3.93. The maximum atomic E-state index is 8.26. The van der Waals surface area contributed by atoms with Crippen LogP contribution < -0.4 is 0 Å². The quantitative estimate of drug-likeness (QED) is 0.423. The Hall–Kier alpha value is -0.667. The largest absolute Gasteiger partial charge is 0.262 e. The number of nitriles is 1. The summed E-state index contributed by atoms with van der Waals surface area (Å²) in [7, 11) is 0. The van der Waals surface area contributed by atoms with Crippen LogP contribution in [0, 0.1) is 17.4 Å². The maximum absolute atomic E-state index is 8.26. The molecular weight excluding hydrogens is 163 g/mol. The van der Waals surface area contributed by atoms with Gasteiger partial charge in [-0.25, -0.2) is 0 Å². The summed E-state index contributed by atoms with van der Waals surface area (Å²) in [5, 5.41) is 8.26. The van der Waals surface area contributed by atoms with E-state index in [4.69, 9.17) is 5.26 Å². The number of hydrogen-bond acceptors (Lipinski definition) is 1. The molecule has 0 aliphatic carbocycles. The van der Waals surface area contributed by atoms with Crippen LogP contribution in [0.1, 0.15) is 5.56 Å². The SMILES string of the molecule is N#Cc1[c-]cccc1.[Zn].